The second-order valence-electron chi connectivity index (χ2n) is 5.67. The van der Waals surface area contributed by atoms with Crippen LogP contribution in [0.3, 0.4) is 0 Å². The van der Waals surface area contributed by atoms with Crippen molar-refractivity contribution >= 4 is 11.5 Å². The molecule has 21 heavy (non-hydrogen) atoms. The Hall–Kier alpha value is -1.67. The average Bonchev–Trinajstić information content (AvgIpc) is 2.74. The molecule has 8 heteroatoms. The number of nitrogens with one attached hydrogen (secondary N) is 1. The van der Waals surface area contributed by atoms with Gasteiger partial charge in [0.15, 0.2) is 0 Å². The number of nitro groups is 1. The van der Waals surface area contributed by atoms with Crippen LogP contribution in [0, 0.1) is 17.0 Å². The molecule has 2 saturated heterocycles. The summed E-state index contributed by atoms with van der Waals surface area (Å²) in [4.78, 5) is 15.6. The van der Waals surface area contributed by atoms with Crippen LogP contribution in [-0.2, 0) is 6.54 Å². The monoisotopic (exact) mass is 294 g/mol. The molecule has 0 unspecified atom stereocenters. The lowest BCUT2D eigenvalue weighted by Crippen LogP contribution is -2.61. The minimum absolute atomic E-state index is 0.163. The fourth-order valence-electron chi connectivity index (χ4n) is 3.14. The van der Waals surface area contributed by atoms with E-state index in [1.807, 2.05) is 6.92 Å². The molecule has 2 aliphatic rings. The second kappa shape index (κ2) is 5.61. The van der Waals surface area contributed by atoms with Crippen molar-refractivity contribution in [3.05, 3.63) is 15.8 Å². The fraction of sp³-hybridized carbons (Fsp3) is 0.769. The quantitative estimate of drug-likeness (QED) is 0.632. The first kappa shape index (κ1) is 14.3. The van der Waals surface area contributed by atoms with Gasteiger partial charge in [-0.25, -0.2) is 4.68 Å². The van der Waals surface area contributed by atoms with Crippen molar-refractivity contribution in [3.63, 3.8) is 0 Å². The summed E-state index contributed by atoms with van der Waals surface area (Å²) < 4.78 is 1.76. The van der Waals surface area contributed by atoms with Crippen molar-refractivity contribution in [2.45, 2.75) is 26.4 Å². The Kier molecular flexibility index (Phi) is 3.81. The van der Waals surface area contributed by atoms with Crippen molar-refractivity contribution in [1.29, 1.82) is 0 Å². The Morgan fingerprint density at radius 3 is 2.48 bits per heavy atom. The van der Waals surface area contributed by atoms with Crippen LogP contribution in [0.25, 0.3) is 0 Å². The average molecular weight is 294 g/mol. The summed E-state index contributed by atoms with van der Waals surface area (Å²) >= 11 is 0. The lowest BCUT2D eigenvalue weighted by molar-refractivity contribution is -0.384. The highest BCUT2D eigenvalue weighted by atomic mass is 16.6. The molecule has 1 N–H and O–H groups in total. The molecule has 0 spiro atoms. The molecule has 0 radical (unpaired) electrons. The summed E-state index contributed by atoms with van der Waals surface area (Å²) in [5.74, 6) is 0.673. The maximum Gasteiger partial charge on any atom is 0.333 e. The number of rotatable bonds is 4. The smallest absolute Gasteiger partial charge is 0.333 e. The third-order valence-electron chi connectivity index (χ3n) is 4.44. The Bertz CT molecular complexity index is 531. The Morgan fingerprint density at radius 1 is 1.33 bits per heavy atom. The van der Waals surface area contributed by atoms with E-state index in [0.717, 1.165) is 39.3 Å². The number of hydrogen-bond acceptors (Lipinski definition) is 6. The minimum atomic E-state index is -0.300. The van der Waals surface area contributed by atoms with Gasteiger partial charge >= 0.3 is 5.69 Å². The van der Waals surface area contributed by atoms with Crippen molar-refractivity contribution in [2.24, 2.45) is 0 Å². The SMILES string of the molecule is CCn1nc(C)c([N+](=O)[O-])c1N1CCN(C2CNC2)CC1. The van der Waals surface area contributed by atoms with Gasteiger partial charge in [0.05, 0.1) is 4.92 Å². The molecule has 2 fully saturated rings. The van der Waals surface area contributed by atoms with Crippen LogP contribution in [0.2, 0.25) is 0 Å². The van der Waals surface area contributed by atoms with Crippen molar-refractivity contribution in [1.82, 2.24) is 20.0 Å². The van der Waals surface area contributed by atoms with Gasteiger partial charge in [-0.3, -0.25) is 15.0 Å². The first-order chi connectivity index (χ1) is 10.1. The highest BCUT2D eigenvalue weighted by Gasteiger charge is 2.33. The van der Waals surface area contributed by atoms with Gasteiger partial charge in [0, 0.05) is 51.9 Å². The molecule has 8 nitrogen and oxygen atoms in total. The predicted molar refractivity (Wildman–Crippen MR) is 79.7 cm³/mol. The maximum absolute atomic E-state index is 11.3. The Morgan fingerprint density at radius 2 is 2.00 bits per heavy atom. The van der Waals surface area contributed by atoms with Crippen LogP contribution in [0.5, 0.6) is 0 Å². The number of aryl methyl sites for hydroxylation is 2. The number of anilines is 1. The van der Waals surface area contributed by atoms with Crippen LogP contribution in [-0.4, -0.2) is 64.9 Å². The van der Waals surface area contributed by atoms with Crippen LogP contribution >= 0.6 is 0 Å². The molecule has 0 saturated carbocycles. The molecule has 0 atom stereocenters. The van der Waals surface area contributed by atoms with Gasteiger partial charge in [-0.2, -0.15) is 5.10 Å². The molecular formula is C13H22N6O2. The molecule has 3 heterocycles. The summed E-state index contributed by atoms with van der Waals surface area (Å²) in [5.41, 5.74) is 0.665. The number of piperazine rings is 1. The summed E-state index contributed by atoms with van der Waals surface area (Å²) in [5, 5.41) is 19.0. The first-order valence-electron chi connectivity index (χ1n) is 7.53. The molecule has 0 aliphatic carbocycles. The third-order valence-corrected chi connectivity index (χ3v) is 4.44. The van der Waals surface area contributed by atoms with Gasteiger partial charge in [-0.05, 0) is 13.8 Å². The zero-order valence-corrected chi connectivity index (χ0v) is 12.6. The lowest BCUT2D eigenvalue weighted by Gasteiger charge is -2.43. The topological polar surface area (TPSA) is 79.5 Å². The highest BCUT2D eigenvalue weighted by molar-refractivity contribution is 5.61. The standard InChI is InChI=1S/C13H22N6O2/c1-3-18-13(12(19(20)21)10(2)15-18)17-6-4-16(5-7-17)11-8-14-9-11/h11,14H,3-9H2,1-2H3. The molecule has 0 bridgehead atoms. The first-order valence-corrected chi connectivity index (χ1v) is 7.53. The van der Waals surface area contributed by atoms with Crippen molar-refractivity contribution in [3.8, 4) is 0 Å². The van der Waals surface area contributed by atoms with Crippen LogP contribution < -0.4 is 10.2 Å². The van der Waals surface area contributed by atoms with Gasteiger partial charge in [-0.15, -0.1) is 0 Å². The van der Waals surface area contributed by atoms with Crippen LogP contribution in [0.1, 0.15) is 12.6 Å². The largest absolute Gasteiger partial charge is 0.349 e. The molecular weight excluding hydrogens is 272 g/mol. The van der Waals surface area contributed by atoms with Crippen LogP contribution in [0.15, 0.2) is 0 Å². The molecule has 0 aromatic carbocycles. The van der Waals surface area contributed by atoms with Gasteiger partial charge in [0.25, 0.3) is 0 Å². The van der Waals surface area contributed by atoms with E-state index in [-0.39, 0.29) is 10.6 Å². The zero-order valence-electron chi connectivity index (χ0n) is 12.6. The van der Waals surface area contributed by atoms with Crippen molar-refractivity contribution in [2.75, 3.05) is 44.2 Å². The fourth-order valence-corrected chi connectivity index (χ4v) is 3.14. The Labute approximate surface area is 123 Å². The molecule has 1 aromatic rings. The zero-order chi connectivity index (χ0) is 15.0. The summed E-state index contributed by atoms with van der Waals surface area (Å²) in [6, 6.07) is 0.639. The van der Waals surface area contributed by atoms with Gasteiger partial charge < -0.3 is 10.2 Å². The van der Waals surface area contributed by atoms with E-state index in [1.54, 1.807) is 11.6 Å². The number of nitrogens with zero attached hydrogens (tertiary/aromatic N) is 5. The normalized spacial score (nSPS) is 20.6. The predicted octanol–water partition coefficient (Wildman–Crippen LogP) is 0.213. The molecule has 1 aromatic heterocycles. The van der Waals surface area contributed by atoms with Gasteiger partial charge in [0.2, 0.25) is 5.82 Å². The minimum Gasteiger partial charge on any atom is -0.349 e. The van der Waals surface area contributed by atoms with E-state index < -0.39 is 0 Å². The van der Waals surface area contributed by atoms with E-state index in [9.17, 15) is 10.1 Å². The van der Waals surface area contributed by atoms with E-state index in [1.165, 1.54) is 0 Å². The molecule has 0 amide bonds. The molecule has 3 rings (SSSR count). The Balaban J connectivity index is 1.79. The summed E-state index contributed by atoms with van der Waals surface area (Å²) in [7, 11) is 0. The third kappa shape index (κ3) is 2.49. The van der Waals surface area contributed by atoms with Gasteiger partial charge in [-0.1, -0.05) is 0 Å². The molecule has 116 valence electrons. The van der Waals surface area contributed by atoms with Crippen molar-refractivity contribution < 1.29 is 4.92 Å². The maximum atomic E-state index is 11.3. The van der Waals surface area contributed by atoms with E-state index in [4.69, 9.17) is 0 Å². The van der Waals surface area contributed by atoms with E-state index in [2.05, 4.69) is 20.2 Å². The van der Waals surface area contributed by atoms with E-state index in [0.29, 0.717) is 24.1 Å². The number of hydrogen-bond donors (Lipinski definition) is 1. The highest BCUT2D eigenvalue weighted by Crippen LogP contribution is 2.32. The van der Waals surface area contributed by atoms with E-state index >= 15 is 0 Å². The molecule has 2 aliphatic heterocycles. The second-order valence-corrected chi connectivity index (χ2v) is 5.67. The number of aromatic nitrogens is 2. The van der Waals surface area contributed by atoms with Gasteiger partial charge in [0.1, 0.15) is 5.69 Å². The summed E-state index contributed by atoms with van der Waals surface area (Å²) in [6.07, 6.45) is 0. The summed E-state index contributed by atoms with van der Waals surface area (Å²) in [6.45, 7) is 10.0. The lowest BCUT2D eigenvalue weighted by atomic mass is 10.1. The van der Waals surface area contributed by atoms with Crippen LogP contribution in [0.4, 0.5) is 11.5 Å².